The van der Waals surface area contributed by atoms with E-state index < -0.39 is 14.6 Å². The van der Waals surface area contributed by atoms with E-state index in [0.717, 1.165) is 61.6 Å². The minimum Gasteiger partial charge on any atom is -0.357 e. The molecule has 1 aliphatic heterocycles. The van der Waals surface area contributed by atoms with Gasteiger partial charge in [0.15, 0.2) is 15.8 Å². The summed E-state index contributed by atoms with van der Waals surface area (Å²) in [5.74, 6) is 1.04. The van der Waals surface area contributed by atoms with Gasteiger partial charge in [0.25, 0.3) is 0 Å². The van der Waals surface area contributed by atoms with Crippen molar-refractivity contribution >= 4 is 39.8 Å². The van der Waals surface area contributed by atoms with Crippen LogP contribution in [0.15, 0.2) is 4.99 Å². The molecule has 2 fully saturated rings. The Bertz CT molecular complexity index is 813. The molecule has 7 nitrogen and oxygen atoms in total. The first-order valence-electron chi connectivity index (χ1n) is 10.0. The van der Waals surface area contributed by atoms with Gasteiger partial charge in [0, 0.05) is 37.9 Å². The van der Waals surface area contributed by atoms with E-state index in [1.54, 1.807) is 0 Å². The highest BCUT2D eigenvalue weighted by Gasteiger charge is 2.48. The smallest absolute Gasteiger partial charge is 0.194 e. The summed E-state index contributed by atoms with van der Waals surface area (Å²) in [5, 5.41) is 7.84. The van der Waals surface area contributed by atoms with E-state index in [-0.39, 0.29) is 29.7 Å². The molecule has 1 N–H and O–H groups in total. The molecule has 0 aromatic carbocycles. The normalized spacial score (nSPS) is 21.4. The molecule has 2 aliphatic rings. The summed E-state index contributed by atoms with van der Waals surface area (Å²) < 4.78 is 27.0. The van der Waals surface area contributed by atoms with Gasteiger partial charge in [-0.2, -0.15) is 5.10 Å². The minimum absolute atomic E-state index is 0. The maximum atomic E-state index is 12.9. The third kappa shape index (κ3) is 4.49. The maximum absolute atomic E-state index is 12.9. The Morgan fingerprint density at radius 2 is 1.93 bits per heavy atom. The fraction of sp³-hybridized carbons (Fsp3) is 0.789. The molecule has 1 aliphatic carbocycles. The highest BCUT2D eigenvalue weighted by atomic mass is 127. The number of sulfone groups is 1. The lowest BCUT2D eigenvalue weighted by Gasteiger charge is -2.45. The molecule has 1 saturated heterocycles. The van der Waals surface area contributed by atoms with Crippen LogP contribution >= 0.6 is 24.0 Å². The molecule has 1 aromatic heterocycles. The third-order valence-corrected chi connectivity index (χ3v) is 8.79. The average molecular weight is 523 g/mol. The molecule has 160 valence electrons. The van der Waals surface area contributed by atoms with Crippen molar-refractivity contribution in [2.24, 2.45) is 12.0 Å². The molecule has 2 heterocycles. The average Bonchev–Trinajstić information content (AvgIpc) is 2.87. The quantitative estimate of drug-likeness (QED) is 0.375. The summed E-state index contributed by atoms with van der Waals surface area (Å²) in [6, 6.07) is 0. The van der Waals surface area contributed by atoms with E-state index in [1.165, 1.54) is 0 Å². The van der Waals surface area contributed by atoms with Crippen molar-refractivity contribution in [3.63, 3.8) is 0 Å². The summed E-state index contributed by atoms with van der Waals surface area (Å²) >= 11 is 0. The molecule has 0 bridgehead atoms. The minimum atomic E-state index is -3.04. The molecule has 1 saturated carbocycles. The number of hydrogen-bond acceptors (Lipinski definition) is 4. The second-order valence-corrected chi connectivity index (χ2v) is 10.4. The zero-order valence-corrected chi connectivity index (χ0v) is 20.6. The molecular weight excluding hydrogens is 489 g/mol. The number of nitrogens with one attached hydrogen (secondary N) is 1. The number of aliphatic imine (C=N–C) groups is 1. The van der Waals surface area contributed by atoms with Crippen molar-refractivity contribution in [3.8, 4) is 0 Å². The molecule has 0 unspecified atom stereocenters. The van der Waals surface area contributed by atoms with Crippen molar-refractivity contribution in [3.05, 3.63) is 17.0 Å². The predicted molar refractivity (Wildman–Crippen MR) is 124 cm³/mol. The standard InChI is InChI=1S/C19H33N5O2S.HI/c1-5-20-18(21-13-17-15(2)22-23(4)16(17)3)24-11-12-27(25,26)19(14-24)9-7-6-8-10-19;/h5-14H2,1-4H3,(H,20,21);1H. The zero-order chi connectivity index (χ0) is 19.7. The van der Waals surface area contributed by atoms with Crippen LogP contribution in [0.25, 0.3) is 0 Å². The van der Waals surface area contributed by atoms with Crippen molar-refractivity contribution in [1.82, 2.24) is 20.0 Å². The van der Waals surface area contributed by atoms with Crippen LogP contribution in [0.4, 0.5) is 0 Å². The first kappa shape index (κ1) is 23.4. The van der Waals surface area contributed by atoms with Gasteiger partial charge in [0.1, 0.15) is 0 Å². The molecule has 28 heavy (non-hydrogen) atoms. The highest BCUT2D eigenvalue weighted by Crippen LogP contribution is 2.38. The van der Waals surface area contributed by atoms with Crippen molar-refractivity contribution < 1.29 is 8.42 Å². The predicted octanol–water partition coefficient (Wildman–Crippen LogP) is 2.55. The van der Waals surface area contributed by atoms with Gasteiger partial charge in [0.2, 0.25) is 0 Å². The Morgan fingerprint density at radius 1 is 1.25 bits per heavy atom. The van der Waals surface area contributed by atoms with Gasteiger partial charge >= 0.3 is 0 Å². The Labute approximate surface area is 186 Å². The van der Waals surface area contributed by atoms with Crippen molar-refractivity contribution in [2.75, 3.05) is 25.4 Å². The summed E-state index contributed by atoms with van der Waals surface area (Å²) in [6.07, 6.45) is 4.73. The number of rotatable bonds is 3. The lowest BCUT2D eigenvalue weighted by molar-refractivity contribution is 0.274. The number of halogens is 1. The summed E-state index contributed by atoms with van der Waals surface area (Å²) in [4.78, 5) is 7.02. The molecule has 9 heteroatoms. The van der Waals surface area contributed by atoms with Gasteiger partial charge in [-0.1, -0.05) is 19.3 Å². The third-order valence-electron chi connectivity index (χ3n) is 6.21. The molecule has 0 amide bonds. The van der Waals surface area contributed by atoms with Gasteiger partial charge in [-0.15, -0.1) is 24.0 Å². The second-order valence-electron chi connectivity index (χ2n) is 7.93. The van der Waals surface area contributed by atoms with Crippen LogP contribution in [0.3, 0.4) is 0 Å². The molecule has 0 radical (unpaired) electrons. The molecule has 1 aromatic rings. The van der Waals surface area contributed by atoms with Gasteiger partial charge in [0.05, 0.1) is 22.7 Å². The first-order chi connectivity index (χ1) is 12.8. The topological polar surface area (TPSA) is 79.6 Å². The van der Waals surface area contributed by atoms with Crippen LogP contribution in [-0.4, -0.2) is 59.2 Å². The molecule has 1 spiro atoms. The number of aromatic nitrogens is 2. The van der Waals surface area contributed by atoms with Crippen molar-refractivity contribution in [1.29, 1.82) is 0 Å². The van der Waals surface area contributed by atoms with Gasteiger partial charge in [-0.05, 0) is 33.6 Å². The van der Waals surface area contributed by atoms with Crippen LogP contribution in [0, 0.1) is 13.8 Å². The Morgan fingerprint density at radius 3 is 2.50 bits per heavy atom. The molecule has 0 atom stereocenters. The number of aryl methyl sites for hydroxylation is 2. The molecular formula is C19H34IN5O2S. The van der Waals surface area contributed by atoms with E-state index in [0.29, 0.717) is 19.6 Å². The summed E-state index contributed by atoms with van der Waals surface area (Å²) in [5.41, 5.74) is 3.27. The molecule has 3 rings (SSSR count). The Hall–Kier alpha value is -0.840. The second kappa shape index (κ2) is 9.32. The highest BCUT2D eigenvalue weighted by molar-refractivity contribution is 14.0. The van der Waals surface area contributed by atoms with Gasteiger partial charge < -0.3 is 10.2 Å². The number of guanidine groups is 1. The summed E-state index contributed by atoms with van der Waals surface area (Å²) in [7, 11) is -1.09. The van der Waals surface area contributed by atoms with E-state index in [1.807, 2.05) is 25.6 Å². The zero-order valence-electron chi connectivity index (χ0n) is 17.5. The van der Waals surface area contributed by atoms with Crippen LogP contribution in [0.5, 0.6) is 0 Å². The first-order valence-corrected chi connectivity index (χ1v) is 11.7. The van der Waals surface area contributed by atoms with Crippen molar-refractivity contribution in [2.45, 2.75) is 64.2 Å². The van der Waals surface area contributed by atoms with Crippen LogP contribution < -0.4 is 5.32 Å². The van der Waals surface area contributed by atoms with Crippen LogP contribution in [-0.2, 0) is 23.4 Å². The van der Waals surface area contributed by atoms with Gasteiger partial charge in [-0.25, -0.2) is 13.4 Å². The van der Waals surface area contributed by atoms with Gasteiger partial charge in [-0.3, -0.25) is 4.68 Å². The lowest BCUT2D eigenvalue weighted by atomic mass is 9.87. The number of nitrogens with zero attached hydrogens (tertiary/aromatic N) is 4. The monoisotopic (exact) mass is 523 g/mol. The van der Waals surface area contributed by atoms with Crippen LogP contribution in [0.1, 0.15) is 56.0 Å². The Balaban J connectivity index is 0.00000280. The largest absolute Gasteiger partial charge is 0.357 e. The fourth-order valence-electron chi connectivity index (χ4n) is 4.44. The summed E-state index contributed by atoms with van der Waals surface area (Å²) in [6.45, 7) is 8.52. The fourth-order valence-corrected chi connectivity index (χ4v) is 6.60. The SMILES string of the molecule is CCNC(=NCc1c(C)nn(C)c1C)N1CCS(=O)(=O)C2(CCCCC2)C1.I. The number of hydrogen-bond donors (Lipinski definition) is 1. The Kier molecular flexibility index (Phi) is 7.80. The van der Waals surface area contributed by atoms with E-state index in [9.17, 15) is 8.42 Å². The van der Waals surface area contributed by atoms with Crippen LogP contribution in [0.2, 0.25) is 0 Å². The lowest BCUT2D eigenvalue weighted by Crippen LogP contribution is -2.60. The van der Waals surface area contributed by atoms with E-state index in [4.69, 9.17) is 4.99 Å². The van der Waals surface area contributed by atoms with E-state index in [2.05, 4.69) is 22.2 Å². The van der Waals surface area contributed by atoms with E-state index >= 15 is 0 Å². The maximum Gasteiger partial charge on any atom is 0.194 e.